The number of para-hydroxylation sites is 1. The predicted molar refractivity (Wildman–Crippen MR) is 151 cm³/mol. The summed E-state index contributed by atoms with van der Waals surface area (Å²) in [5.41, 5.74) is 2.58. The first kappa shape index (κ1) is 27.4. The molecule has 0 aromatic heterocycles. The molecule has 2 aromatic rings. The first-order chi connectivity index (χ1) is 18.9. The minimum absolute atomic E-state index is 0.0112. The van der Waals surface area contributed by atoms with Crippen molar-refractivity contribution in [2.24, 2.45) is 0 Å². The van der Waals surface area contributed by atoms with E-state index >= 15 is 0 Å². The van der Waals surface area contributed by atoms with E-state index in [0.29, 0.717) is 26.1 Å². The van der Waals surface area contributed by atoms with E-state index in [1.54, 1.807) is 0 Å². The molecule has 8 nitrogen and oxygen atoms in total. The number of epoxide rings is 1. The molecule has 0 bridgehead atoms. The topological polar surface area (TPSA) is 104 Å². The monoisotopic (exact) mass is 532 g/mol. The van der Waals surface area contributed by atoms with Gasteiger partial charge < -0.3 is 20.1 Å². The Hall–Kier alpha value is -3.20. The van der Waals surface area contributed by atoms with Crippen LogP contribution in [0.1, 0.15) is 49.3 Å². The number of rotatable bonds is 2. The van der Waals surface area contributed by atoms with E-state index in [4.69, 9.17) is 9.47 Å². The molecular weight excluding hydrogens is 492 g/mol. The Kier molecular flexibility index (Phi) is 8.65. The maximum atomic E-state index is 13.5. The van der Waals surface area contributed by atoms with Crippen molar-refractivity contribution in [1.29, 1.82) is 0 Å². The second-order valence-corrected chi connectivity index (χ2v) is 10.9. The Morgan fingerprint density at radius 2 is 1.87 bits per heavy atom. The molecule has 3 unspecified atom stereocenters. The largest absolute Gasteiger partial charge is 0.492 e. The van der Waals surface area contributed by atoms with Crippen molar-refractivity contribution in [2.45, 2.75) is 75.9 Å². The van der Waals surface area contributed by atoms with Gasteiger partial charge >= 0.3 is 0 Å². The number of aryl methyl sites for hydroxylation is 1. The van der Waals surface area contributed by atoms with Crippen LogP contribution in [0.15, 0.2) is 54.6 Å². The fourth-order valence-electron chi connectivity index (χ4n) is 5.70. The number of carbonyl (C=O) groups is 2. The van der Waals surface area contributed by atoms with Gasteiger partial charge in [0.25, 0.3) is 0 Å². The van der Waals surface area contributed by atoms with Gasteiger partial charge in [-0.3, -0.25) is 20.2 Å². The maximum absolute atomic E-state index is 13.5. The quantitative estimate of drug-likeness (QED) is 0.444. The molecule has 8 heteroatoms. The van der Waals surface area contributed by atoms with Crippen molar-refractivity contribution in [3.8, 4) is 5.75 Å². The van der Waals surface area contributed by atoms with Gasteiger partial charge in [0.1, 0.15) is 24.7 Å². The molecule has 2 aromatic carbocycles. The van der Waals surface area contributed by atoms with Gasteiger partial charge in [-0.25, -0.2) is 0 Å². The summed E-state index contributed by atoms with van der Waals surface area (Å²) in [6.07, 6.45) is 7.58. The van der Waals surface area contributed by atoms with Crippen LogP contribution in [-0.4, -0.2) is 61.5 Å². The average molecular weight is 533 g/mol. The van der Waals surface area contributed by atoms with Crippen LogP contribution in [0.2, 0.25) is 0 Å². The number of amides is 2. The molecule has 4 N–H and O–H groups in total. The van der Waals surface area contributed by atoms with Gasteiger partial charge in [0.15, 0.2) is 0 Å². The second kappa shape index (κ2) is 12.3. The van der Waals surface area contributed by atoms with Crippen LogP contribution in [0.5, 0.6) is 5.75 Å². The van der Waals surface area contributed by atoms with Crippen molar-refractivity contribution in [1.82, 2.24) is 21.3 Å². The van der Waals surface area contributed by atoms with Gasteiger partial charge in [-0.05, 0) is 44.7 Å². The Morgan fingerprint density at radius 3 is 2.69 bits per heavy atom. The fourth-order valence-corrected chi connectivity index (χ4v) is 5.70. The number of hydrogen-bond donors (Lipinski definition) is 4. The Balaban J connectivity index is 1.35. The highest BCUT2D eigenvalue weighted by atomic mass is 16.6. The summed E-state index contributed by atoms with van der Waals surface area (Å²) in [5.74, 6) is 0.690. The Morgan fingerprint density at radius 1 is 1.05 bits per heavy atom. The SMILES string of the molecule is Cc1cccc(CC2NC3OC3[C@@H](C)NC(=O)C3(CCCC3)NCCOc3ccccc3/C=C/CNC2=O)c1. The molecule has 2 heterocycles. The van der Waals surface area contributed by atoms with E-state index in [9.17, 15) is 9.59 Å². The molecule has 2 amide bonds. The van der Waals surface area contributed by atoms with Gasteiger partial charge in [0, 0.05) is 18.7 Å². The average Bonchev–Trinajstić information content (AvgIpc) is 3.53. The smallest absolute Gasteiger partial charge is 0.240 e. The van der Waals surface area contributed by atoms with Crippen molar-refractivity contribution < 1.29 is 19.1 Å². The van der Waals surface area contributed by atoms with Gasteiger partial charge in [0.2, 0.25) is 11.8 Å². The molecule has 39 heavy (non-hydrogen) atoms. The molecule has 2 fully saturated rings. The van der Waals surface area contributed by atoms with Crippen LogP contribution in [0.3, 0.4) is 0 Å². The molecule has 3 aliphatic rings. The zero-order valence-electron chi connectivity index (χ0n) is 22.9. The lowest BCUT2D eigenvalue weighted by molar-refractivity contribution is -0.128. The number of hydrogen-bond acceptors (Lipinski definition) is 6. The van der Waals surface area contributed by atoms with Crippen molar-refractivity contribution in [3.63, 3.8) is 0 Å². The standard InChI is InChI=1S/C31H40N4O4/c1-21-9-7-10-23(19-21)20-25-28(36)32-16-8-12-24-11-3-4-13-26(24)38-18-17-33-31(14-5-6-15-31)30(37)34-22(2)27-29(35-25)39-27/h3-4,7-13,19,22,25,27,29,33,35H,5-6,14-18,20H2,1-2H3,(H,32,36)(H,34,37)/b12-8+/t22-,25?,27?,29?/m1/s1. The number of ether oxygens (including phenoxy) is 2. The lowest BCUT2D eigenvalue weighted by Crippen LogP contribution is -2.58. The van der Waals surface area contributed by atoms with Crippen LogP contribution in [0.4, 0.5) is 0 Å². The van der Waals surface area contributed by atoms with Gasteiger partial charge in [-0.15, -0.1) is 0 Å². The van der Waals surface area contributed by atoms with Crippen LogP contribution in [0.25, 0.3) is 6.08 Å². The van der Waals surface area contributed by atoms with Crippen molar-refractivity contribution >= 4 is 17.9 Å². The molecule has 1 saturated heterocycles. The molecule has 4 atom stereocenters. The normalized spacial score (nSPS) is 28.5. The summed E-state index contributed by atoms with van der Waals surface area (Å²) < 4.78 is 12.0. The summed E-state index contributed by atoms with van der Waals surface area (Å²) in [4.78, 5) is 26.8. The lowest BCUT2D eigenvalue weighted by Gasteiger charge is -2.30. The number of carbonyl (C=O) groups excluding carboxylic acids is 2. The zero-order chi connectivity index (χ0) is 27.2. The number of nitrogens with one attached hydrogen (secondary N) is 4. The molecule has 1 aliphatic carbocycles. The summed E-state index contributed by atoms with van der Waals surface area (Å²) in [6, 6.07) is 15.4. The van der Waals surface area contributed by atoms with E-state index in [1.165, 1.54) is 0 Å². The first-order valence-electron chi connectivity index (χ1n) is 14.1. The predicted octanol–water partition coefficient (Wildman–Crippen LogP) is 2.85. The Bertz CT molecular complexity index is 1190. The molecule has 0 radical (unpaired) electrons. The van der Waals surface area contributed by atoms with Gasteiger partial charge in [-0.2, -0.15) is 0 Å². The molecule has 5 rings (SSSR count). The fraction of sp³-hybridized carbons (Fsp3) is 0.484. The van der Waals surface area contributed by atoms with Gasteiger partial charge in [-0.1, -0.05) is 73.0 Å². The highest BCUT2D eigenvalue weighted by Gasteiger charge is 2.48. The first-order valence-corrected chi connectivity index (χ1v) is 14.1. The maximum Gasteiger partial charge on any atom is 0.240 e. The van der Waals surface area contributed by atoms with E-state index in [2.05, 4.69) is 27.3 Å². The molecule has 208 valence electrons. The summed E-state index contributed by atoms with van der Waals surface area (Å²) in [7, 11) is 0. The van der Waals surface area contributed by atoms with Crippen LogP contribution < -0.4 is 26.0 Å². The zero-order valence-corrected chi connectivity index (χ0v) is 22.9. The molecule has 2 aliphatic heterocycles. The van der Waals surface area contributed by atoms with E-state index in [-0.39, 0.29) is 30.2 Å². The van der Waals surface area contributed by atoms with E-state index in [0.717, 1.165) is 48.1 Å². The summed E-state index contributed by atoms with van der Waals surface area (Å²) in [6.45, 7) is 5.43. The molecular formula is C31H40N4O4. The minimum atomic E-state index is -0.592. The van der Waals surface area contributed by atoms with Crippen LogP contribution >= 0.6 is 0 Å². The van der Waals surface area contributed by atoms with Crippen molar-refractivity contribution in [3.05, 3.63) is 71.3 Å². The second-order valence-electron chi connectivity index (χ2n) is 10.9. The van der Waals surface area contributed by atoms with Crippen LogP contribution in [0, 0.1) is 6.92 Å². The third-order valence-electron chi connectivity index (χ3n) is 7.91. The summed E-state index contributed by atoms with van der Waals surface area (Å²) in [5, 5.41) is 13.2. The van der Waals surface area contributed by atoms with Crippen LogP contribution in [-0.2, 0) is 20.7 Å². The number of fused-ring (bicyclic) bond motifs is 2. The third kappa shape index (κ3) is 6.87. The Labute approximate surface area is 230 Å². The highest BCUT2D eigenvalue weighted by Crippen LogP contribution is 2.31. The third-order valence-corrected chi connectivity index (χ3v) is 7.91. The molecule has 1 saturated carbocycles. The molecule has 1 spiro atoms. The van der Waals surface area contributed by atoms with E-state index in [1.807, 2.05) is 68.5 Å². The number of benzene rings is 2. The van der Waals surface area contributed by atoms with E-state index < -0.39 is 11.6 Å². The van der Waals surface area contributed by atoms with Gasteiger partial charge in [0.05, 0.1) is 17.6 Å². The lowest BCUT2D eigenvalue weighted by atomic mass is 9.95. The minimum Gasteiger partial charge on any atom is -0.492 e. The van der Waals surface area contributed by atoms with Crippen molar-refractivity contribution in [2.75, 3.05) is 19.7 Å². The highest BCUT2D eigenvalue weighted by molar-refractivity contribution is 5.87. The summed E-state index contributed by atoms with van der Waals surface area (Å²) >= 11 is 0.